The first kappa shape index (κ1) is 16.5. The molecule has 0 bridgehead atoms. The van der Waals surface area contributed by atoms with Crippen molar-refractivity contribution < 1.29 is 18.3 Å². The van der Waals surface area contributed by atoms with E-state index in [0.29, 0.717) is 25.5 Å². The van der Waals surface area contributed by atoms with Gasteiger partial charge in [0, 0.05) is 37.0 Å². The third-order valence-electron chi connectivity index (χ3n) is 3.91. The van der Waals surface area contributed by atoms with Crippen molar-refractivity contribution in [3.8, 4) is 0 Å². The van der Waals surface area contributed by atoms with Crippen LogP contribution >= 0.6 is 0 Å². The highest BCUT2D eigenvalue weighted by Gasteiger charge is 2.27. The van der Waals surface area contributed by atoms with Crippen LogP contribution in [-0.4, -0.2) is 37.3 Å². The number of rotatable bonds is 7. The molecule has 6 nitrogen and oxygen atoms in total. The third-order valence-corrected chi connectivity index (χ3v) is 5.44. The summed E-state index contributed by atoms with van der Waals surface area (Å²) >= 11 is 0. The maximum absolute atomic E-state index is 12.4. The van der Waals surface area contributed by atoms with Gasteiger partial charge in [0.2, 0.25) is 10.0 Å². The number of aliphatic hydroxyl groups excluding tert-OH is 1. The molecule has 0 spiro atoms. The van der Waals surface area contributed by atoms with E-state index in [1.807, 2.05) is 13.8 Å². The first-order valence-electron chi connectivity index (χ1n) is 7.38. The Morgan fingerprint density at radius 2 is 2.33 bits per heavy atom. The summed E-state index contributed by atoms with van der Waals surface area (Å²) in [6.45, 7) is 5.70. The number of nitrogens with one attached hydrogen (secondary N) is 1. The second-order valence-electron chi connectivity index (χ2n) is 5.55. The average molecular weight is 316 g/mol. The van der Waals surface area contributed by atoms with E-state index >= 15 is 0 Å². The fraction of sp³-hybridized carbons (Fsp3) is 0.714. The third kappa shape index (κ3) is 3.85. The van der Waals surface area contributed by atoms with Crippen LogP contribution in [0.3, 0.4) is 0 Å². The summed E-state index contributed by atoms with van der Waals surface area (Å²) in [5.74, 6) is 0.217. The predicted octanol–water partition coefficient (Wildman–Crippen LogP) is 1.09. The normalized spacial score (nSPS) is 20.8. The van der Waals surface area contributed by atoms with Gasteiger partial charge in [0.1, 0.15) is 0 Å². The van der Waals surface area contributed by atoms with E-state index in [1.165, 1.54) is 6.07 Å². The Hall–Kier alpha value is -0.890. The molecule has 2 heterocycles. The summed E-state index contributed by atoms with van der Waals surface area (Å²) in [5, 5.41) is 9.33. The van der Waals surface area contributed by atoms with E-state index in [9.17, 15) is 13.5 Å². The minimum Gasteiger partial charge on any atom is -0.390 e. The number of hydrogen-bond donors (Lipinski definition) is 2. The lowest BCUT2D eigenvalue weighted by Gasteiger charge is -2.18. The van der Waals surface area contributed by atoms with Gasteiger partial charge in [-0.2, -0.15) is 0 Å². The molecule has 120 valence electrons. The Bertz CT molecular complexity index is 562. The van der Waals surface area contributed by atoms with Crippen LogP contribution < -0.4 is 4.72 Å². The SMILES string of the molecule is CCCn1cc(S(=O)(=O)NC(C)C2CCOC2)cc1CO. The molecule has 1 aliphatic rings. The van der Waals surface area contributed by atoms with Gasteiger partial charge in [-0.25, -0.2) is 13.1 Å². The minimum atomic E-state index is -3.56. The average Bonchev–Trinajstić information content (AvgIpc) is 3.08. The first-order valence-corrected chi connectivity index (χ1v) is 8.86. The van der Waals surface area contributed by atoms with Crippen molar-refractivity contribution >= 4 is 10.0 Å². The predicted molar refractivity (Wildman–Crippen MR) is 79.4 cm³/mol. The molecule has 0 aliphatic carbocycles. The molecule has 2 N–H and O–H groups in total. The van der Waals surface area contributed by atoms with Crippen LogP contribution in [0.15, 0.2) is 17.2 Å². The van der Waals surface area contributed by atoms with E-state index in [-0.39, 0.29) is 23.5 Å². The number of nitrogens with zero attached hydrogens (tertiary/aromatic N) is 1. The fourth-order valence-corrected chi connectivity index (χ4v) is 3.98. The van der Waals surface area contributed by atoms with Crippen LogP contribution in [0.4, 0.5) is 0 Å². The standard InChI is InChI=1S/C14H24N2O4S/c1-3-5-16-8-14(7-13(16)9-17)21(18,19)15-11(2)12-4-6-20-10-12/h7-8,11-12,15,17H,3-6,9-10H2,1-2H3. The van der Waals surface area contributed by atoms with Crippen molar-refractivity contribution in [3.05, 3.63) is 18.0 Å². The van der Waals surface area contributed by atoms with Crippen molar-refractivity contribution in [2.45, 2.75) is 50.8 Å². The molecule has 1 aliphatic heterocycles. The maximum Gasteiger partial charge on any atom is 0.242 e. The molecular formula is C14H24N2O4S. The summed E-state index contributed by atoms with van der Waals surface area (Å²) in [6, 6.07) is 1.38. The Kier molecular flexibility index (Phi) is 5.43. The summed E-state index contributed by atoms with van der Waals surface area (Å²) in [7, 11) is -3.56. The molecule has 1 aromatic heterocycles. The van der Waals surface area contributed by atoms with Gasteiger partial charge >= 0.3 is 0 Å². The number of aliphatic hydroxyl groups is 1. The number of aryl methyl sites for hydroxylation is 1. The molecule has 2 rings (SSSR count). The lowest BCUT2D eigenvalue weighted by atomic mass is 10.0. The number of sulfonamides is 1. The van der Waals surface area contributed by atoms with Gasteiger partial charge in [0.25, 0.3) is 0 Å². The van der Waals surface area contributed by atoms with Crippen LogP contribution in [0, 0.1) is 5.92 Å². The summed E-state index contributed by atoms with van der Waals surface area (Å²) in [6.07, 6.45) is 3.35. The first-order chi connectivity index (χ1) is 9.97. The highest BCUT2D eigenvalue weighted by Crippen LogP contribution is 2.20. The van der Waals surface area contributed by atoms with Gasteiger partial charge in [-0.05, 0) is 25.8 Å². The smallest absolute Gasteiger partial charge is 0.242 e. The summed E-state index contributed by atoms with van der Waals surface area (Å²) < 4.78 is 34.7. The van der Waals surface area contributed by atoms with Crippen molar-refractivity contribution in [1.29, 1.82) is 0 Å². The van der Waals surface area contributed by atoms with Crippen LogP contribution in [0.25, 0.3) is 0 Å². The van der Waals surface area contributed by atoms with Crippen molar-refractivity contribution in [1.82, 2.24) is 9.29 Å². The molecule has 2 atom stereocenters. The summed E-state index contributed by atoms with van der Waals surface area (Å²) in [4.78, 5) is 0.214. The lowest BCUT2D eigenvalue weighted by Crippen LogP contribution is -2.38. The Morgan fingerprint density at radius 1 is 1.57 bits per heavy atom. The van der Waals surface area contributed by atoms with E-state index in [1.54, 1.807) is 10.8 Å². The Morgan fingerprint density at radius 3 is 2.90 bits per heavy atom. The molecule has 0 saturated carbocycles. The molecule has 2 unspecified atom stereocenters. The second kappa shape index (κ2) is 6.91. The van der Waals surface area contributed by atoms with Gasteiger partial charge in [0.15, 0.2) is 0 Å². The van der Waals surface area contributed by atoms with Gasteiger partial charge in [-0.3, -0.25) is 0 Å². The van der Waals surface area contributed by atoms with E-state index in [2.05, 4.69) is 4.72 Å². The molecule has 1 fully saturated rings. The topological polar surface area (TPSA) is 80.6 Å². The van der Waals surface area contributed by atoms with E-state index < -0.39 is 10.0 Å². The zero-order chi connectivity index (χ0) is 15.5. The van der Waals surface area contributed by atoms with E-state index in [0.717, 1.165) is 12.8 Å². The van der Waals surface area contributed by atoms with Crippen molar-refractivity contribution in [3.63, 3.8) is 0 Å². The fourth-order valence-electron chi connectivity index (χ4n) is 2.61. The number of aromatic nitrogens is 1. The van der Waals surface area contributed by atoms with Crippen LogP contribution in [0.2, 0.25) is 0 Å². The molecule has 0 radical (unpaired) electrons. The van der Waals surface area contributed by atoms with Crippen LogP contribution in [0.1, 0.15) is 32.4 Å². The summed E-state index contributed by atoms with van der Waals surface area (Å²) in [5.41, 5.74) is 0.620. The Balaban J connectivity index is 2.14. The largest absolute Gasteiger partial charge is 0.390 e. The number of ether oxygens (including phenoxy) is 1. The minimum absolute atomic E-state index is 0.162. The van der Waals surface area contributed by atoms with Gasteiger partial charge in [-0.15, -0.1) is 0 Å². The molecular weight excluding hydrogens is 292 g/mol. The van der Waals surface area contributed by atoms with Gasteiger partial charge < -0.3 is 14.4 Å². The second-order valence-corrected chi connectivity index (χ2v) is 7.27. The number of hydrogen-bond acceptors (Lipinski definition) is 4. The molecule has 0 aromatic carbocycles. The molecule has 0 amide bonds. The highest BCUT2D eigenvalue weighted by atomic mass is 32.2. The highest BCUT2D eigenvalue weighted by molar-refractivity contribution is 7.89. The molecule has 1 saturated heterocycles. The van der Waals surface area contributed by atoms with Crippen LogP contribution in [0.5, 0.6) is 0 Å². The van der Waals surface area contributed by atoms with Crippen LogP contribution in [-0.2, 0) is 27.9 Å². The maximum atomic E-state index is 12.4. The quantitative estimate of drug-likeness (QED) is 0.789. The lowest BCUT2D eigenvalue weighted by molar-refractivity contribution is 0.180. The molecule has 1 aromatic rings. The zero-order valence-electron chi connectivity index (χ0n) is 12.6. The van der Waals surface area contributed by atoms with E-state index in [4.69, 9.17) is 4.74 Å². The molecule has 7 heteroatoms. The zero-order valence-corrected chi connectivity index (χ0v) is 13.4. The monoisotopic (exact) mass is 316 g/mol. The van der Waals surface area contributed by atoms with Gasteiger partial charge in [-0.1, -0.05) is 6.92 Å². The Labute approximate surface area is 126 Å². The van der Waals surface area contributed by atoms with Crippen molar-refractivity contribution in [2.24, 2.45) is 5.92 Å². The molecule has 21 heavy (non-hydrogen) atoms. The van der Waals surface area contributed by atoms with Crippen molar-refractivity contribution in [2.75, 3.05) is 13.2 Å². The van der Waals surface area contributed by atoms with Gasteiger partial charge in [0.05, 0.1) is 18.1 Å².